The minimum atomic E-state index is 0.317. The van der Waals surface area contributed by atoms with Crippen LogP contribution in [0.3, 0.4) is 0 Å². The van der Waals surface area contributed by atoms with Crippen LogP contribution >= 0.6 is 0 Å². The lowest BCUT2D eigenvalue weighted by Crippen LogP contribution is -2.02. The van der Waals surface area contributed by atoms with Gasteiger partial charge in [-0.1, -0.05) is 0 Å². The molecule has 1 aromatic heterocycles. The predicted octanol–water partition coefficient (Wildman–Crippen LogP) is 1.52. The molecule has 1 heterocycles. The maximum absolute atomic E-state index is 5.62. The second-order valence-corrected chi connectivity index (χ2v) is 3.67. The maximum Gasteiger partial charge on any atom is 0.166 e. The molecule has 0 spiro atoms. The van der Waals surface area contributed by atoms with Crippen LogP contribution in [-0.2, 0) is 13.2 Å². The zero-order valence-corrected chi connectivity index (χ0v) is 10.2. The molecule has 1 aromatic carbocycles. The van der Waals surface area contributed by atoms with Crippen LogP contribution in [0, 0.1) is 0 Å². The summed E-state index contributed by atoms with van der Waals surface area (Å²) in [5.74, 6) is 2.05. The van der Waals surface area contributed by atoms with Crippen molar-refractivity contribution in [2.24, 2.45) is 5.73 Å². The molecule has 0 aliphatic rings. The Morgan fingerprint density at radius 1 is 1.11 bits per heavy atom. The summed E-state index contributed by atoms with van der Waals surface area (Å²) < 4.78 is 10.8. The van der Waals surface area contributed by atoms with Crippen LogP contribution in [0.4, 0.5) is 0 Å². The second-order valence-electron chi connectivity index (χ2n) is 3.67. The number of ether oxygens (including phenoxy) is 2. The van der Waals surface area contributed by atoms with E-state index in [0.29, 0.717) is 24.7 Å². The molecule has 2 N–H and O–H groups in total. The Morgan fingerprint density at radius 2 is 1.83 bits per heavy atom. The molecule has 0 unspecified atom stereocenters. The molecule has 94 valence electrons. The van der Waals surface area contributed by atoms with Crippen molar-refractivity contribution in [1.82, 2.24) is 9.97 Å². The number of benzene rings is 1. The van der Waals surface area contributed by atoms with Crippen LogP contribution in [0.2, 0.25) is 0 Å². The van der Waals surface area contributed by atoms with Gasteiger partial charge in [-0.2, -0.15) is 0 Å². The Balaban J connectivity index is 2.09. The average Bonchev–Trinajstić information content (AvgIpc) is 2.45. The highest BCUT2D eigenvalue weighted by Gasteiger charge is 2.03. The monoisotopic (exact) mass is 245 g/mol. The Bertz CT molecular complexity index is 481. The topological polar surface area (TPSA) is 70.3 Å². The summed E-state index contributed by atoms with van der Waals surface area (Å²) in [5, 5.41) is 0. The van der Waals surface area contributed by atoms with Gasteiger partial charge < -0.3 is 15.2 Å². The van der Waals surface area contributed by atoms with Crippen LogP contribution in [-0.4, -0.2) is 17.1 Å². The van der Waals surface area contributed by atoms with Crippen LogP contribution in [0.1, 0.15) is 11.4 Å². The van der Waals surface area contributed by atoms with Gasteiger partial charge in [-0.25, -0.2) is 9.97 Å². The van der Waals surface area contributed by atoms with Gasteiger partial charge in [0.25, 0.3) is 0 Å². The first-order valence-electron chi connectivity index (χ1n) is 5.58. The fourth-order valence-corrected chi connectivity index (χ4v) is 1.50. The molecule has 2 aromatic rings. The van der Waals surface area contributed by atoms with E-state index in [9.17, 15) is 0 Å². The third-order valence-corrected chi connectivity index (χ3v) is 2.40. The fraction of sp³-hybridized carbons (Fsp3) is 0.231. The third kappa shape index (κ3) is 3.18. The molecule has 0 aliphatic heterocycles. The number of hydrogen-bond donors (Lipinski definition) is 1. The smallest absolute Gasteiger partial charge is 0.166 e. The molecule has 0 fully saturated rings. The highest BCUT2D eigenvalue weighted by atomic mass is 16.5. The van der Waals surface area contributed by atoms with E-state index in [1.54, 1.807) is 25.6 Å². The summed E-state index contributed by atoms with van der Waals surface area (Å²) in [6.07, 6.45) is 3.37. The summed E-state index contributed by atoms with van der Waals surface area (Å²) in [6, 6.07) is 7.33. The third-order valence-electron chi connectivity index (χ3n) is 2.40. The molecule has 0 atom stereocenters. The quantitative estimate of drug-likeness (QED) is 0.864. The normalized spacial score (nSPS) is 10.1. The van der Waals surface area contributed by atoms with Crippen molar-refractivity contribution in [2.45, 2.75) is 13.2 Å². The summed E-state index contributed by atoms with van der Waals surface area (Å²) >= 11 is 0. The molecule has 0 aliphatic carbocycles. The van der Waals surface area contributed by atoms with Gasteiger partial charge in [0, 0.05) is 25.0 Å². The largest absolute Gasteiger partial charge is 0.497 e. The number of nitrogens with zero attached hydrogens (tertiary/aromatic N) is 2. The van der Waals surface area contributed by atoms with Gasteiger partial charge >= 0.3 is 0 Å². The number of methoxy groups -OCH3 is 1. The zero-order valence-electron chi connectivity index (χ0n) is 10.2. The van der Waals surface area contributed by atoms with E-state index in [-0.39, 0.29) is 0 Å². The van der Waals surface area contributed by atoms with Crippen molar-refractivity contribution < 1.29 is 9.47 Å². The average molecular weight is 245 g/mol. The molecule has 0 saturated heterocycles. The first-order chi connectivity index (χ1) is 8.81. The van der Waals surface area contributed by atoms with Gasteiger partial charge in [0.2, 0.25) is 0 Å². The lowest BCUT2D eigenvalue weighted by molar-refractivity contribution is 0.293. The lowest BCUT2D eigenvalue weighted by Gasteiger charge is -2.09. The molecule has 2 rings (SSSR count). The van der Waals surface area contributed by atoms with E-state index in [2.05, 4.69) is 9.97 Å². The van der Waals surface area contributed by atoms with Crippen molar-refractivity contribution in [3.05, 3.63) is 48.0 Å². The summed E-state index contributed by atoms with van der Waals surface area (Å²) in [4.78, 5) is 8.17. The van der Waals surface area contributed by atoms with Gasteiger partial charge in [0.15, 0.2) is 5.82 Å². The van der Waals surface area contributed by atoms with Crippen molar-refractivity contribution in [3.63, 3.8) is 0 Å². The summed E-state index contributed by atoms with van der Waals surface area (Å²) in [5.41, 5.74) is 6.57. The molecule has 18 heavy (non-hydrogen) atoms. The first kappa shape index (κ1) is 12.3. The Morgan fingerprint density at radius 3 is 2.50 bits per heavy atom. The molecule has 5 nitrogen and oxygen atoms in total. The zero-order chi connectivity index (χ0) is 12.8. The van der Waals surface area contributed by atoms with E-state index < -0.39 is 0 Å². The molecule has 0 radical (unpaired) electrons. The van der Waals surface area contributed by atoms with Crippen molar-refractivity contribution in [1.29, 1.82) is 0 Å². The van der Waals surface area contributed by atoms with E-state index in [4.69, 9.17) is 15.2 Å². The minimum absolute atomic E-state index is 0.317. The van der Waals surface area contributed by atoms with E-state index in [0.717, 1.165) is 11.3 Å². The molecule has 0 bridgehead atoms. The fourth-order valence-electron chi connectivity index (χ4n) is 1.50. The maximum atomic E-state index is 5.62. The Labute approximate surface area is 106 Å². The van der Waals surface area contributed by atoms with E-state index >= 15 is 0 Å². The van der Waals surface area contributed by atoms with Gasteiger partial charge in [-0.3, -0.25) is 0 Å². The van der Waals surface area contributed by atoms with Gasteiger partial charge in [-0.05, 0) is 23.8 Å². The molecule has 5 heteroatoms. The van der Waals surface area contributed by atoms with Crippen LogP contribution in [0.15, 0.2) is 36.7 Å². The SMILES string of the molecule is COc1cc(CN)cc(OCc2ncccn2)c1. The molecular weight excluding hydrogens is 230 g/mol. The predicted molar refractivity (Wildman–Crippen MR) is 67.2 cm³/mol. The molecular formula is C13H15N3O2. The van der Waals surface area contributed by atoms with Crippen molar-refractivity contribution in [2.75, 3.05) is 7.11 Å². The van der Waals surface area contributed by atoms with E-state index in [1.807, 2.05) is 18.2 Å². The number of aromatic nitrogens is 2. The van der Waals surface area contributed by atoms with E-state index in [1.165, 1.54) is 0 Å². The number of nitrogens with two attached hydrogens (primary N) is 1. The first-order valence-corrected chi connectivity index (χ1v) is 5.58. The second kappa shape index (κ2) is 5.97. The number of rotatable bonds is 5. The van der Waals surface area contributed by atoms with Crippen LogP contribution < -0.4 is 15.2 Å². The number of hydrogen-bond acceptors (Lipinski definition) is 5. The summed E-state index contributed by atoms with van der Waals surface area (Å²) in [6.45, 7) is 0.757. The highest BCUT2D eigenvalue weighted by molar-refractivity contribution is 5.38. The van der Waals surface area contributed by atoms with Crippen molar-refractivity contribution in [3.8, 4) is 11.5 Å². The van der Waals surface area contributed by atoms with Crippen LogP contribution in [0.25, 0.3) is 0 Å². The Kier molecular flexibility index (Phi) is 4.09. The molecule has 0 saturated carbocycles. The minimum Gasteiger partial charge on any atom is -0.497 e. The Hall–Kier alpha value is -2.14. The standard InChI is InChI=1S/C13H15N3O2/c1-17-11-5-10(8-14)6-12(7-11)18-9-13-15-3-2-4-16-13/h2-7H,8-9,14H2,1H3. The lowest BCUT2D eigenvalue weighted by atomic mass is 10.2. The van der Waals surface area contributed by atoms with Gasteiger partial charge in [-0.15, -0.1) is 0 Å². The van der Waals surface area contributed by atoms with Gasteiger partial charge in [0.1, 0.15) is 18.1 Å². The molecule has 0 amide bonds. The summed E-state index contributed by atoms with van der Waals surface area (Å²) in [7, 11) is 1.61. The highest BCUT2D eigenvalue weighted by Crippen LogP contribution is 2.23. The van der Waals surface area contributed by atoms with Crippen molar-refractivity contribution >= 4 is 0 Å². The van der Waals surface area contributed by atoms with Gasteiger partial charge in [0.05, 0.1) is 7.11 Å². The van der Waals surface area contributed by atoms with Crippen LogP contribution in [0.5, 0.6) is 11.5 Å².